The van der Waals surface area contributed by atoms with Crippen LogP contribution < -0.4 is 0 Å². The zero-order valence-corrected chi connectivity index (χ0v) is 20.8. The van der Waals surface area contributed by atoms with Gasteiger partial charge in [-0.25, -0.2) is 9.78 Å². The summed E-state index contributed by atoms with van der Waals surface area (Å²) >= 11 is 0. The molecule has 4 nitrogen and oxygen atoms in total. The molecule has 4 aliphatic carbocycles. The minimum absolute atomic E-state index is 0.143. The van der Waals surface area contributed by atoms with E-state index < -0.39 is 11.2 Å². The summed E-state index contributed by atoms with van der Waals surface area (Å²) in [6, 6.07) is 0. The van der Waals surface area contributed by atoms with E-state index in [-0.39, 0.29) is 28.1 Å². The maximum Gasteiger partial charge on any atom is 0.149 e. The van der Waals surface area contributed by atoms with Gasteiger partial charge in [0, 0.05) is 17.3 Å². The molecule has 2 heterocycles. The molecule has 5 fully saturated rings. The third kappa shape index (κ3) is 2.12. The SMILES string of the molecule is CC(C)[C@@H](C)/C=C/[C@@H](C)[C@H]1CC[C@@]23O[C@@]24C=C[C@@]25C[C@@H](O)CC[C@]2(C)[C@]4(CC[C@]13C)OO5. The molecule has 3 spiro atoms. The standard InChI is InChI=1S/C28H42O4/c1-18(2)19(3)7-8-20(4)22-10-12-26-23(22,5)13-15-27-24(6)11-9-21(29)17-25(24,31-32-27)14-16-28(26,27)30-26/h7-8,14,16,18-22,29H,9-13,15,17H2,1-6H3/b8-7+/t19-,20+,21-,22+,23+,24-,25+,26-,27-,28-/m0/s1. The second-order valence-electron chi connectivity index (χ2n) is 13.0. The molecule has 0 amide bonds. The molecule has 2 bridgehead atoms. The number of rotatable bonds is 4. The van der Waals surface area contributed by atoms with Gasteiger partial charge in [0.1, 0.15) is 22.4 Å². The maximum absolute atomic E-state index is 10.4. The molecular weight excluding hydrogens is 400 g/mol. The molecule has 2 aliphatic heterocycles. The molecule has 1 N–H and O–H groups in total. The van der Waals surface area contributed by atoms with Crippen molar-refractivity contribution in [3.05, 3.63) is 24.3 Å². The molecule has 6 rings (SSSR count). The summed E-state index contributed by atoms with van der Waals surface area (Å²) in [5.74, 6) is 2.45. The quantitative estimate of drug-likeness (QED) is 0.342. The summed E-state index contributed by atoms with van der Waals surface area (Å²) in [4.78, 5) is 12.6. The lowest BCUT2D eigenvalue weighted by Crippen LogP contribution is -2.69. The maximum atomic E-state index is 10.4. The minimum atomic E-state index is -0.516. The Hall–Kier alpha value is -0.680. The number of ether oxygens (including phenoxy) is 1. The largest absolute Gasteiger partial charge is 0.393 e. The monoisotopic (exact) mass is 442 g/mol. The Kier molecular flexibility index (Phi) is 4.30. The van der Waals surface area contributed by atoms with Gasteiger partial charge in [0.2, 0.25) is 0 Å². The van der Waals surface area contributed by atoms with Crippen molar-refractivity contribution in [2.75, 3.05) is 0 Å². The normalized spacial score (nSPS) is 57.1. The third-order valence-electron chi connectivity index (χ3n) is 11.7. The van der Waals surface area contributed by atoms with Crippen LogP contribution in [-0.4, -0.2) is 33.6 Å². The molecule has 2 saturated heterocycles. The van der Waals surface area contributed by atoms with Gasteiger partial charge in [-0.1, -0.05) is 53.7 Å². The van der Waals surface area contributed by atoms with Gasteiger partial charge in [0.25, 0.3) is 0 Å². The number of hydrogen-bond acceptors (Lipinski definition) is 4. The predicted octanol–water partition coefficient (Wildman–Crippen LogP) is 5.75. The lowest BCUT2D eigenvalue weighted by molar-refractivity contribution is -0.352. The van der Waals surface area contributed by atoms with Gasteiger partial charge < -0.3 is 9.84 Å². The molecule has 0 unspecified atom stereocenters. The Morgan fingerprint density at radius 3 is 2.44 bits per heavy atom. The van der Waals surface area contributed by atoms with E-state index in [4.69, 9.17) is 14.5 Å². The first kappa shape index (κ1) is 21.8. The third-order valence-corrected chi connectivity index (χ3v) is 11.7. The number of aliphatic hydroxyl groups excluding tert-OH is 1. The Morgan fingerprint density at radius 1 is 0.906 bits per heavy atom. The Bertz CT molecular complexity index is 881. The van der Waals surface area contributed by atoms with Gasteiger partial charge in [-0.2, -0.15) is 0 Å². The number of epoxide rings is 1. The first-order chi connectivity index (χ1) is 15.0. The Morgan fingerprint density at radius 2 is 1.69 bits per heavy atom. The first-order valence-corrected chi connectivity index (χ1v) is 13.2. The van der Waals surface area contributed by atoms with Gasteiger partial charge in [0.15, 0.2) is 0 Å². The topological polar surface area (TPSA) is 51.2 Å². The zero-order chi connectivity index (χ0) is 22.8. The van der Waals surface area contributed by atoms with Gasteiger partial charge in [-0.05, 0) is 74.3 Å². The Labute approximate surface area is 193 Å². The molecule has 6 aliphatic rings. The van der Waals surface area contributed by atoms with Gasteiger partial charge in [-0.15, -0.1) is 0 Å². The van der Waals surface area contributed by atoms with E-state index in [1.165, 1.54) is 6.42 Å². The van der Waals surface area contributed by atoms with Crippen LogP contribution in [0.3, 0.4) is 0 Å². The molecule has 3 saturated carbocycles. The number of hydrogen-bond donors (Lipinski definition) is 1. The molecular formula is C28H42O4. The van der Waals surface area contributed by atoms with Crippen LogP contribution in [0.4, 0.5) is 0 Å². The molecule has 178 valence electrons. The minimum Gasteiger partial charge on any atom is -0.393 e. The van der Waals surface area contributed by atoms with E-state index in [9.17, 15) is 5.11 Å². The van der Waals surface area contributed by atoms with Crippen LogP contribution in [0.5, 0.6) is 0 Å². The second-order valence-corrected chi connectivity index (χ2v) is 13.0. The van der Waals surface area contributed by atoms with Crippen molar-refractivity contribution < 1.29 is 19.6 Å². The summed E-state index contributed by atoms with van der Waals surface area (Å²) in [6.07, 6.45) is 15.9. The van der Waals surface area contributed by atoms with E-state index in [1.807, 2.05) is 0 Å². The van der Waals surface area contributed by atoms with Crippen molar-refractivity contribution in [3.63, 3.8) is 0 Å². The summed E-state index contributed by atoms with van der Waals surface area (Å²) in [6.45, 7) is 14.2. The van der Waals surface area contributed by atoms with Crippen molar-refractivity contribution in [2.24, 2.45) is 34.5 Å². The summed E-state index contributed by atoms with van der Waals surface area (Å²) < 4.78 is 7.01. The highest BCUT2D eigenvalue weighted by Crippen LogP contribution is 2.84. The lowest BCUT2D eigenvalue weighted by Gasteiger charge is -2.58. The van der Waals surface area contributed by atoms with Gasteiger partial charge >= 0.3 is 0 Å². The molecule has 4 heteroatoms. The van der Waals surface area contributed by atoms with Crippen LogP contribution >= 0.6 is 0 Å². The number of allylic oxidation sites excluding steroid dienone is 2. The molecule has 0 radical (unpaired) electrons. The highest BCUT2D eigenvalue weighted by Gasteiger charge is 2.94. The molecule has 0 aromatic carbocycles. The van der Waals surface area contributed by atoms with E-state index in [0.29, 0.717) is 30.1 Å². The van der Waals surface area contributed by atoms with Crippen LogP contribution in [0.2, 0.25) is 0 Å². The average Bonchev–Trinajstić information content (AvgIpc) is 3.29. The van der Waals surface area contributed by atoms with Crippen LogP contribution in [0, 0.1) is 34.5 Å². The summed E-state index contributed by atoms with van der Waals surface area (Å²) in [5, 5.41) is 10.4. The fraction of sp³-hybridized carbons (Fsp3) is 0.857. The van der Waals surface area contributed by atoms with Crippen LogP contribution in [0.1, 0.15) is 86.5 Å². The lowest BCUT2D eigenvalue weighted by atomic mass is 9.43. The molecule has 10 atom stereocenters. The fourth-order valence-electron chi connectivity index (χ4n) is 9.13. The van der Waals surface area contributed by atoms with Gasteiger partial charge in [-0.3, -0.25) is 0 Å². The van der Waals surface area contributed by atoms with E-state index in [1.54, 1.807) is 0 Å². The first-order valence-electron chi connectivity index (χ1n) is 13.2. The van der Waals surface area contributed by atoms with Gasteiger partial charge in [0.05, 0.1) is 6.10 Å². The second kappa shape index (κ2) is 6.30. The molecule has 0 aromatic heterocycles. The van der Waals surface area contributed by atoms with E-state index in [0.717, 1.165) is 32.1 Å². The van der Waals surface area contributed by atoms with Crippen molar-refractivity contribution >= 4 is 0 Å². The predicted molar refractivity (Wildman–Crippen MR) is 124 cm³/mol. The van der Waals surface area contributed by atoms with Crippen molar-refractivity contribution in [1.29, 1.82) is 0 Å². The van der Waals surface area contributed by atoms with Crippen molar-refractivity contribution in [3.8, 4) is 0 Å². The van der Waals surface area contributed by atoms with Crippen LogP contribution in [-0.2, 0) is 14.5 Å². The summed E-state index contributed by atoms with van der Waals surface area (Å²) in [7, 11) is 0. The van der Waals surface area contributed by atoms with E-state index >= 15 is 0 Å². The van der Waals surface area contributed by atoms with E-state index in [2.05, 4.69) is 65.8 Å². The fourth-order valence-corrected chi connectivity index (χ4v) is 9.13. The highest BCUT2D eigenvalue weighted by atomic mass is 17.2. The molecule has 32 heavy (non-hydrogen) atoms. The molecule has 0 aromatic rings. The average molecular weight is 443 g/mol. The van der Waals surface area contributed by atoms with Crippen LogP contribution in [0.15, 0.2) is 24.3 Å². The van der Waals surface area contributed by atoms with Crippen molar-refractivity contribution in [2.45, 2.75) is 115 Å². The smallest absolute Gasteiger partial charge is 0.149 e. The summed E-state index contributed by atoms with van der Waals surface area (Å²) in [5.41, 5.74) is -1.50. The highest BCUT2D eigenvalue weighted by molar-refractivity contribution is 5.49. The zero-order valence-electron chi connectivity index (χ0n) is 20.8. The number of aliphatic hydroxyl groups is 1. The van der Waals surface area contributed by atoms with Crippen molar-refractivity contribution in [1.82, 2.24) is 0 Å². The Balaban J connectivity index is 1.36. The van der Waals surface area contributed by atoms with Crippen LogP contribution in [0.25, 0.3) is 0 Å².